The van der Waals surface area contributed by atoms with E-state index in [-0.39, 0.29) is 24.7 Å². The average molecular weight is 422 g/mol. The van der Waals surface area contributed by atoms with E-state index in [1.807, 2.05) is 42.5 Å². The molecular formula is C27H22N2O3. The van der Waals surface area contributed by atoms with Gasteiger partial charge in [0, 0.05) is 18.0 Å². The minimum atomic E-state index is -0.464. The third kappa shape index (κ3) is 4.60. The molecule has 0 bridgehead atoms. The average Bonchev–Trinajstić information content (AvgIpc) is 3.15. The van der Waals surface area contributed by atoms with Crippen LogP contribution in [0.4, 0.5) is 4.79 Å². The molecule has 0 fully saturated rings. The van der Waals surface area contributed by atoms with Crippen LogP contribution in [0.3, 0.4) is 0 Å². The Morgan fingerprint density at radius 1 is 0.938 bits per heavy atom. The standard InChI is InChI=1S/C27H22N2O3/c28-16-15-26(30)20-13-11-19(12-14-20)6-5-17-29-27(31)32-18-25-23-9-3-1-7-21(23)22-8-2-4-10-24(22)25/h1-14,25H,15,17-18H2,(H,29,31). The zero-order valence-electron chi connectivity index (χ0n) is 17.5. The van der Waals surface area contributed by atoms with Crippen LogP contribution >= 0.6 is 0 Å². The number of nitriles is 1. The number of fused-ring (bicyclic) bond motifs is 3. The maximum Gasteiger partial charge on any atom is 0.407 e. The van der Waals surface area contributed by atoms with Crippen LogP contribution in [0.15, 0.2) is 78.9 Å². The number of nitrogens with one attached hydrogen (secondary N) is 1. The third-order valence-corrected chi connectivity index (χ3v) is 5.49. The number of amides is 1. The quantitative estimate of drug-likeness (QED) is 0.522. The number of nitrogens with zero attached hydrogens (tertiary/aromatic N) is 1. The third-order valence-electron chi connectivity index (χ3n) is 5.49. The van der Waals surface area contributed by atoms with E-state index in [2.05, 4.69) is 29.6 Å². The van der Waals surface area contributed by atoms with Gasteiger partial charge in [0.25, 0.3) is 0 Å². The molecule has 0 heterocycles. The lowest BCUT2D eigenvalue weighted by Gasteiger charge is -2.14. The maximum atomic E-state index is 12.2. The fourth-order valence-corrected chi connectivity index (χ4v) is 3.94. The summed E-state index contributed by atoms with van der Waals surface area (Å²) in [6.07, 6.45) is 3.07. The van der Waals surface area contributed by atoms with E-state index in [1.54, 1.807) is 24.3 Å². The number of carbonyl (C=O) groups excluding carboxylic acids is 2. The van der Waals surface area contributed by atoms with Crippen molar-refractivity contribution in [3.8, 4) is 17.2 Å². The predicted molar refractivity (Wildman–Crippen MR) is 123 cm³/mol. The van der Waals surface area contributed by atoms with Gasteiger partial charge in [-0.25, -0.2) is 4.79 Å². The normalized spacial score (nSPS) is 12.1. The number of rotatable bonds is 7. The summed E-state index contributed by atoms with van der Waals surface area (Å²) in [6, 6.07) is 25.3. The van der Waals surface area contributed by atoms with Crippen molar-refractivity contribution in [1.82, 2.24) is 5.32 Å². The highest BCUT2D eigenvalue weighted by molar-refractivity contribution is 5.97. The van der Waals surface area contributed by atoms with E-state index in [0.717, 1.165) is 5.56 Å². The molecule has 4 rings (SSSR count). The summed E-state index contributed by atoms with van der Waals surface area (Å²) < 4.78 is 5.51. The van der Waals surface area contributed by atoms with Gasteiger partial charge in [-0.1, -0.05) is 84.9 Å². The molecule has 0 saturated carbocycles. The number of benzene rings is 3. The van der Waals surface area contributed by atoms with Crippen molar-refractivity contribution in [2.75, 3.05) is 13.2 Å². The van der Waals surface area contributed by atoms with Gasteiger partial charge in [0.15, 0.2) is 5.78 Å². The van der Waals surface area contributed by atoms with Gasteiger partial charge >= 0.3 is 6.09 Å². The first kappa shape index (κ1) is 21.1. The Labute approximate surface area is 187 Å². The van der Waals surface area contributed by atoms with Crippen molar-refractivity contribution in [3.63, 3.8) is 0 Å². The lowest BCUT2D eigenvalue weighted by atomic mass is 9.98. The number of hydrogen-bond acceptors (Lipinski definition) is 4. The van der Waals surface area contributed by atoms with Crippen molar-refractivity contribution in [1.29, 1.82) is 5.26 Å². The molecule has 0 aromatic heterocycles. The minimum Gasteiger partial charge on any atom is -0.449 e. The van der Waals surface area contributed by atoms with Gasteiger partial charge < -0.3 is 10.1 Å². The van der Waals surface area contributed by atoms with Crippen LogP contribution in [-0.4, -0.2) is 25.0 Å². The smallest absolute Gasteiger partial charge is 0.407 e. The Morgan fingerprint density at radius 3 is 2.19 bits per heavy atom. The molecule has 0 saturated heterocycles. The van der Waals surface area contributed by atoms with Crippen molar-refractivity contribution < 1.29 is 14.3 Å². The number of Topliss-reactive ketones (excluding diaryl/α,β-unsaturated/α-hetero) is 1. The lowest BCUT2D eigenvalue weighted by Crippen LogP contribution is -2.26. The molecule has 32 heavy (non-hydrogen) atoms. The van der Waals surface area contributed by atoms with Gasteiger partial charge in [-0.15, -0.1) is 0 Å². The molecule has 3 aromatic carbocycles. The first-order chi connectivity index (χ1) is 15.7. The SMILES string of the molecule is N#CCC(=O)c1ccc(C=CCNC(=O)OCC2c3ccccc3-c3ccccc32)cc1. The van der Waals surface area contributed by atoms with E-state index in [4.69, 9.17) is 10.00 Å². The Hall–Kier alpha value is -4.17. The number of alkyl carbamates (subject to hydrolysis) is 1. The van der Waals surface area contributed by atoms with Crippen LogP contribution in [0.2, 0.25) is 0 Å². The number of ketones is 1. The van der Waals surface area contributed by atoms with Gasteiger partial charge in [0.2, 0.25) is 0 Å². The number of hydrogen-bond donors (Lipinski definition) is 1. The predicted octanol–water partition coefficient (Wildman–Crippen LogP) is 5.33. The molecule has 3 aromatic rings. The maximum absolute atomic E-state index is 12.2. The fourth-order valence-electron chi connectivity index (χ4n) is 3.94. The molecule has 0 radical (unpaired) electrons. The highest BCUT2D eigenvalue weighted by Crippen LogP contribution is 2.44. The highest BCUT2D eigenvalue weighted by Gasteiger charge is 2.28. The zero-order chi connectivity index (χ0) is 22.3. The number of ether oxygens (including phenoxy) is 1. The molecule has 158 valence electrons. The van der Waals surface area contributed by atoms with Crippen molar-refractivity contribution >= 4 is 18.0 Å². The summed E-state index contributed by atoms with van der Waals surface area (Å²) in [5, 5.41) is 11.3. The second-order valence-corrected chi connectivity index (χ2v) is 7.49. The molecule has 0 unspecified atom stereocenters. The molecule has 0 atom stereocenters. The monoisotopic (exact) mass is 422 g/mol. The Morgan fingerprint density at radius 2 is 1.56 bits per heavy atom. The second-order valence-electron chi connectivity index (χ2n) is 7.49. The van der Waals surface area contributed by atoms with E-state index >= 15 is 0 Å². The van der Waals surface area contributed by atoms with Gasteiger partial charge in [-0.2, -0.15) is 5.26 Å². The largest absolute Gasteiger partial charge is 0.449 e. The highest BCUT2D eigenvalue weighted by atomic mass is 16.5. The van der Waals surface area contributed by atoms with Gasteiger partial charge in [-0.05, 0) is 27.8 Å². The summed E-state index contributed by atoms with van der Waals surface area (Å²) in [5.41, 5.74) is 6.16. The van der Waals surface area contributed by atoms with Crippen LogP contribution in [0.25, 0.3) is 17.2 Å². The van der Waals surface area contributed by atoms with Crippen molar-refractivity contribution in [3.05, 3.63) is 101 Å². The van der Waals surface area contributed by atoms with Crippen LogP contribution in [-0.2, 0) is 4.74 Å². The molecule has 5 heteroatoms. The zero-order valence-corrected chi connectivity index (χ0v) is 17.5. The van der Waals surface area contributed by atoms with Gasteiger partial charge in [0.1, 0.15) is 6.61 Å². The van der Waals surface area contributed by atoms with Crippen LogP contribution in [0.5, 0.6) is 0 Å². The van der Waals surface area contributed by atoms with E-state index in [0.29, 0.717) is 12.1 Å². The van der Waals surface area contributed by atoms with E-state index in [9.17, 15) is 9.59 Å². The van der Waals surface area contributed by atoms with Crippen LogP contribution < -0.4 is 5.32 Å². The molecule has 1 aliphatic carbocycles. The topological polar surface area (TPSA) is 79.2 Å². The van der Waals surface area contributed by atoms with E-state index < -0.39 is 6.09 Å². The summed E-state index contributed by atoms with van der Waals surface area (Å²) in [7, 11) is 0. The molecule has 1 amide bonds. The first-order valence-corrected chi connectivity index (χ1v) is 10.4. The Bertz CT molecular complexity index is 1160. The van der Waals surface area contributed by atoms with Crippen molar-refractivity contribution in [2.45, 2.75) is 12.3 Å². The summed E-state index contributed by atoms with van der Waals surface area (Å²) in [6.45, 7) is 0.605. The van der Waals surface area contributed by atoms with Gasteiger partial charge in [0.05, 0.1) is 12.5 Å². The van der Waals surface area contributed by atoms with E-state index in [1.165, 1.54) is 22.3 Å². The lowest BCUT2D eigenvalue weighted by molar-refractivity contribution is 0.0997. The molecule has 1 N–H and O–H groups in total. The number of carbonyl (C=O) groups is 2. The molecular weight excluding hydrogens is 400 g/mol. The van der Waals surface area contributed by atoms with Gasteiger partial charge in [-0.3, -0.25) is 4.79 Å². The summed E-state index contributed by atoms with van der Waals surface area (Å²) in [4.78, 5) is 23.9. The summed E-state index contributed by atoms with van der Waals surface area (Å²) in [5.74, 6) is -0.161. The first-order valence-electron chi connectivity index (χ1n) is 10.4. The van der Waals surface area contributed by atoms with Crippen LogP contribution in [0, 0.1) is 11.3 Å². The van der Waals surface area contributed by atoms with Crippen molar-refractivity contribution in [2.24, 2.45) is 0 Å². The van der Waals surface area contributed by atoms with Crippen LogP contribution in [0.1, 0.15) is 39.4 Å². The molecule has 0 aliphatic heterocycles. The summed E-state index contributed by atoms with van der Waals surface area (Å²) >= 11 is 0. The second kappa shape index (κ2) is 9.76. The molecule has 0 spiro atoms. The molecule has 1 aliphatic rings. The Balaban J connectivity index is 1.28. The molecule has 5 nitrogen and oxygen atoms in total. The Kier molecular flexibility index (Phi) is 6.43. The minimum absolute atomic E-state index is 0.0333. The fraction of sp³-hybridized carbons (Fsp3) is 0.148.